The highest BCUT2D eigenvalue weighted by Crippen LogP contribution is 2.37. The predicted octanol–water partition coefficient (Wildman–Crippen LogP) is 1.18. The fourth-order valence-electron chi connectivity index (χ4n) is 1.98. The monoisotopic (exact) mass is 261 g/mol. The number of benzene rings is 1. The molecule has 0 radical (unpaired) electrons. The summed E-state index contributed by atoms with van der Waals surface area (Å²) in [6.45, 7) is 1.56. The van der Waals surface area contributed by atoms with Crippen LogP contribution < -0.4 is 14.8 Å². The van der Waals surface area contributed by atoms with Crippen molar-refractivity contribution in [3.63, 3.8) is 0 Å². The SMILES string of the molecule is Oc1cc2c(cc1CNCCc1ncc[nH]1)OCO2. The Bertz CT molecular complexity index is 555. The Morgan fingerprint density at radius 3 is 2.95 bits per heavy atom. The van der Waals surface area contributed by atoms with Crippen molar-refractivity contribution in [3.8, 4) is 17.2 Å². The van der Waals surface area contributed by atoms with Crippen molar-refractivity contribution in [1.82, 2.24) is 15.3 Å². The van der Waals surface area contributed by atoms with Crippen LogP contribution >= 0.6 is 0 Å². The van der Waals surface area contributed by atoms with Crippen LogP contribution in [0.1, 0.15) is 11.4 Å². The van der Waals surface area contributed by atoms with Gasteiger partial charge in [0.05, 0.1) is 0 Å². The first-order valence-corrected chi connectivity index (χ1v) is 6.13. The van der Waals surface area contributed by atoms with E-state index < -0.39 is 0 Å². The molecule has 1 aromatic heterocycles. The molecule has 0 saturated heterocycles. The highest BCUT2D eigenvalue weighted by molar-refractivity contribution is 5.51. The zero-order valence-corrected chi connectivity index (χ0v) is 10.3. The highest BCUT2D eigenvalue weighted by Gasteiger charge is 2.16. The van der Waals surface area contributed by atoms with Crippen LogP contribution in [0.25, 0.3) is 0 Å². The summed E-state index contributed by atoms with van der Waals surface area (Å²) in [5, 5.41) is 13.1. The number of fused-ring (bicyclic) bond motifs is 1. The summed E-state index contributed by atoms with van der Waals surface area (Å²) in [6, 6.07) is 3.39. The molecule has 1 aliphatic rings. The zero-order chi connectivity index (χ0) is 13.1. The van der Waals surface area contributed by atoms with Crippen LogP contribution in [0.3, 0.4) is 0 Å². The number of imidazole rings is 1. The number of hydrogen-bond acceptors (Lipinski definition) is 5. The Labute approximate surface area is 110 Å². The third-order valence-corrected chi connectivity index (χ3v) is 2.98. The summed E-state index contributed by atoms with van der Waals surface area (Å²) >= 11 is 0. The van der Waals surface area contributed by atoms with Crippen LogP contribution in [0.5, 0.6) is 17.2 Å². The summed E-state index contributed by atoms with van der Waals surface area (Å²) in [5.74, 6) is 2.44. The summed E-state index contributed by atoms with van der Waals surface area (Å²) < 4.78 is 10.5. The maximum absolute atomic E-state index is 9.86. The molecule has 2 heterocycles. The van der Waals surface area contributed by atoms with E-state index in [0.717, 1.165) is 24.4 Å². The number of rotatable bonds is 5. The van der Waals surface area contributed by atoms with Gasteiger partial charge in [-0.15, -0.1) is 0 Å². The maximum atomic E-state index is 9.86. The second-order valence-electron chi connectivity index (χ2n) is 4.30. The van der Waals surface area contributed by atoms with E-state index in [2.05, 4.69) is 15.3 Å². The van der Waals surface area contributed by atoms with Crippen LogP contribution in [0.15, 0.2) is 24.5 Å². The van der Waals surface area contributed by atoms with E-state index in [4.69, 9.17) is 9.47 Å². The Kier molecular flexibility index (Phi) is 3.24. The van der Waals surface area contributed by atoms with E-state index in [-0.39, 0.29) is 12.5 Å². The number of aromatic amines is 1. The normalized spacial score (nSPS) is 12.8. The first kappa shape index (κ1) is 11.9. The van der Waals surface area contributed by atoms with Crippen molar-refractivity contribution < 1.29 is 14.6 Å². The number of nitrogens with zero attached hydrogens (tertiary/aromatic N) is 1. The number of phenolic OH excluding ortho intramolecular Hbond substituents is 1. The van der Waals surface area contributed by atoms with Crippen LogP contribution in [-0.4, -0.2) is 28.4 Å². The van der Waals surface area contributed by atoms with Crippen LogP contribution in [0, 0.1) is 0 Å². The lowest BCUT2D eigenvalue weighted by molar-refractivity contribution is 0.174. The summed E-state index contributed by atoms with van der Waals surface area (Å²) in [5.41, 5.74) is 0.795. The minimum absolute atomic E-state index is 0.212. The molecule has 1 aliphatic heterocycles. The lowest BCUT2D eigenvalue weighted by atomic mass is 10.1. The Morgan fingerprint density at radius 1 is 1.32 bits per heavy atom. The molecule has 0 spiro atoms. The number of nitrogens with one attached hydrogen (secondary N) is 2. The van der Waals surface area contributed by atoms with E-state index in [1.807, 2.05) is 0 Å². The minimum atomic E-state index is 0.212. The fourth-order valence-corrected chi connectivity index (χ4v) is 1.98. The average molecular weight is 261 g/mol. The smallest absolute Gasteiger partial charge is 0.231 e. The van der Waals surface area contributed by atoms with Crippen molar-refractivity contribution >= 4 is 0 Å². The van der Waals surface area contributed by atoms with Gasteiger partial charge in [0.25, 0.3) is 0 Å². The first-order valence-electron chi connectivity index (χ1n) is 6.13. The van der Waals surface area contributed by atoms with Gasteiger partial charge in [-0.1, -0.05) is 0 Å². The van der Waals surface area contributed by atoms with Crippen LogP contribution in [0.2, 0.25) is 0 Å². The molecule has 0 bridgehead atoms. The molecule has 0 amide bonds. The molecule has 6 nitrogen and oxygen atoms in total. The summed E-state index contributed by atoms with van der Waals surface area (Å²) in [4.78, 5) is 7.19. The van der Waals surface area contributed by atoms with Gasteiger partial charge in [-0.25, -0.2) is 4.98 Å². The third kappa shape index (κ3) is 2.63. The molecule has 3 rings (SSSR count). The highest BCUT2D eigenvalue weighted by atomic mass is 16.7. The third-order valence-electron chi connectivity index (χ3n) is 2.98. The number of H-pyrrole nitrogens is 1. The summed E-state index contributed by atoms with van der Waals surface area (Å²) in [7, 11) is 0. The van der Waals surface area contributed by atoms with E-state index in [1.165, 1.54) is 0 Å². The Morgan fingerprint density at radius 2 is 2.16 bits per heavy atom. The van der Waals surface area contributed by atoms with Gasteiger partial charge in [0.15, 0.2) is 11.5 Å². The molecule has 19 heavy (non-hydrogen) atoms. The van der Waals surface area contributed by atoms with Gasteiger partial charge < -0.3 is 24.9 Å². The van der Waals surface area contributed by atoms with Gasteiger partial charge in [-0.05, 0) is 6.07 Å². The minimum Gasteiger partial charge on any atom is -0.507 e. The van der Waals surface area contributed by atoms with Crippen molar-refractivity contribution in [2.45, 2.75) is 13.0 Å². The lowest BCUT2D eigenvalue weighted by Crippen LogP contribution is -2.17. The van der Waals surface area contributed by atoms with E-state index in [9.17, 15) is 5.11 Å². The fraction of sp³-hybridized carbons (Fsp3) is 0.308. The molecule has 0 unspecified atom stereocenters. The van der Waals surface area contributed by atoms with Gasteiger partial charge >= 0.3 is 0 Å². The molecule has 3 N–H and O–H groups in total. The predicted molar refractivity (Wildman–Crippen MR) is 68.2 cm³/mol. The van der Waals surface area contributed by atoms with Crippen molar-refractivity contribution in [2.24, 2.45) is 0 Å². The molecular weight excluding hydrogens is 246 g/mol. The lowest BCUT2D eigenvalue weighted by Gasteiger charge is -2.07. The number of ether oxygens (including phenoxy) is 2. The standard InChI is InChI=1S/C13H15N3O3/c17-10-6-12-11(18-8-19-12)5-9(10)7-14-2-1-13-15-3-4-16-13/h3-6,14,17H,1-2,7-8H2,(H,15,16). The van der Waals surface area contributed by atoms with Gasteiger partial charge in [0.2, 0.25) is 6.79 Å². The van der Waals surface area contributed by atoms with Gasteiger partial charge in [-0.3, -0.25) is 0 Å². The maximum Gasteiger partial charge on any atom is 0.231 e. The van der Waals surface area contributed by atoms with Crippen molar-refractivity contribution in [3.05, 3.63) is 35.9 Å². The number of phenols is 1. The Hall–Kier alpha value is -2.21. The largest absolute Gasteiger partial charge is 0.507 e. The average Bonchev–Trinajstić information content (AvgIpc) is 3.05. The quantitative estimate of drug-likeness (QED) is 0.704. The first-order chi connectivity index (χ1) is 9.33. The molecule has 6 heteroatoms. The Balaban J connectivity index is 1.55. The number of aromatic hydroxyl groups is 1. The van der Waals surface area contributed by atoms with E-state index in [1.54, 1.807) is 24.5 Å². The zero-order valence-electron chi connectivity index (χ0n) is 10.3. The van der Waals surface area contributed by atoms with Crippen LogP contribution in [-0.2, 0) is 13.0 Å². The number of hydrogen-bond donors (Lipinski definition) is 3. The molecular formula is C13H15N3O3. The summed E-state index contributed by atoms with van der Waals surface area (Å²) in [6.07, 6.45) is 4.36. The number of aromatic nitrogens is 2. The molecule has 100 valence electrons. The molecule has 0 fully saturated rings. The van der Waals surface area contributed by atoms with Gasteiger partial charge in [0.1, 0.15) is 11.6 Å². The second-order valence-corrected chi connectivity index (χ2v) is 4.30. The molecule has 0 atom stereocenters. The van der Waals surface area contributed by atoms with Crippen molar-refractivity contribution in [1.29, 1.82) is 0 Å². The second kappa shape index (κ2) is 5.19. The molecule has 2 aromatic rings. The molecule has 0 aliphatic carbocycles. The van der Waals surface area contributed by atoms with Gasteiger partial charge in [-0.2, -0.15) is 0 Å². The van der Waals surface area contributed by atoms with E-state index >= 15 is 0 Å². The van der Waals surface area contributed by atoms with Crippen LogP contribution in [0.4, 0.5) is 0 Å². The van der Waals surface area contributed by atoms with Crippen molar-refractivity contribution in [2.75, 3.05) is 13.3 Å². The van der Waals surface area contributed by atoms with Gasteiger partial charge in [0, 0.05) is 43.5 Å². The van der Waals surface area contributed by atoms with E-state index in [0.29, 0.717) is 18.0 Å². The topological polar surface area (TPSA) is 79.4 Å². The molecule has 0 saturated carbocycles. The molecule has 1 aromatic carbocycles.